The van der Waals surface area contributed by atoms with Crippen LogP contribution in [0.3, 0.4) is 0 Å². The van der Waals surface area contributed by atoms with Gasteiger partial charge in [0.15, 0.2) is 0 Å². The van der Waals surface area contributed by atoms with Crippen LogP contribution in [0.4, 0.5) is 5.69 Å². The second-order valence-electron chi connectivity index (χ2n) is 7.39. The number of anilines is 1. The summed E-state index contributed by atoms with van der Waals surface area (Å²) in [6.07, 6.45) is 0.794. The topological polar surface area (TPSA) is 93.7 Å². The minimum Gasteiger partial charge on any atom is -0.492 e. The minimum absolute atomic E-state index is 0.157. The molecule has 0 saturated heterocycles. The Labute approximate surface area is 203 Å². The van der Waals surface area contributed by atoms with E-state index in [0.29, 0.717) is 40.8 Å². The first-order chi connectivity index (χ1) is 16.4. The van der Waals surface area contributed by atoms with Crippen LogP contribution in [0.25, 0.3) is 0 Å². The maximum absolute atomic E-state index is 12.5. The second-order valence-corrected chi connectivity index (χ2v) is 7.80. The van der Waals surface area contributed by atoms with Crippen LogP contribution >= 0.6 is 11.6 Å². The van der Waals surface area contributed by atoms with Crippen molar-refractivity contribution in [2.24, 2.45) is 0 Å². The molecule has 2 amide bonds. The van der Waals surface area contributed by atoms with Gasteiger partial charge in [0.05, 0.1) is 11.6 Å². The number of rotatable bonds is 10. The predicted octanol–water partition coefficient (Wildman–Crippen LogP) is 4.99. The number of esters is 1. The molecule has 176 valence electrons. The van der Waals surface area contributed by atoms with Gasteiger partial charge in [-0.1, -0.05) is 48.0 Å². The maximum Gasteiger partial charge on any atom is 0.308 e. The van der Waals surface area contributed by atoms with E-state index in [1.165, 1.54) is 13.0 Å². The van der Waals surface area contributed by atoms with Gasteiger partial charge in [0.25, 0.3) is 5.91 Å². The van der Waals surface area contributed by atoms with E-state index in [0.717, 1.165) is 5.56 Å². The summed E-state index contributed by atoms with van der Waals surface area (Å²) in [5, 5.41) is 6.24. The molecule has 0 aliphatic heterocycles. The molecule has 3 rings (SSSR count). The van der Waals surface area contributed by atoms with E-state index in [4.69, 9.17) is 21.1 Å². The maximum atomic E-state index is 12.5. The summed E-state index contributed by atoms with van der Waals surface area (Å²) in [6.45, 7) is 1.87. The Morgan fingerprint density at radius 3 is 2.50 bits per heavy atom. The average Bonchev–Trinajstić information content (AvgIpc) is 2.82. The number of carbonyl (C=O) groups excluding carboxylic acids is 3. The van der Waals surface area contributed by atoms with Gasteiger partial charge in [-0.15, -0.1) is 0 Å². The zero-order valence-electron chi connectivity index (χ0n) is 18.7. The van der Waals surface area contributed by atoms with E-state index in [-0.39, 0.29) is 24.8 Å². The molecule has 0 atom stereocenters. The molecule has 3 aromatic carbocycles. The van der Waals surface area contributed by atoms with Crippen molar-refractivity contribution in [1.29, 1.82) is 0 Å². The van der Waals surface area contributed by atoms with Crippen LogP contribution in [-0.4, -0.2) is 24.4 Å². The minimum atomic E-state index is -0.461. The van der Waals surface area contributed by atoms with Crippen molar-refractivity contribution in [2.75, 3.05) is 11.9 Å². The number of halogens is 1. The van der Waals surface area contributed by atoms with Gasteiger partial charge in [-0.2, -0.15) is 0 Å². The Morgan fingerprint density at radius 2 is 1.71 bits per heavy atom. The molecule has 0 radical (unpaired) electrons. The highest BCUT2D eigenvalue weighted by Gasteiger charge is 2.11. The Morgan fingerprint density at radius 1 is 0.941 bits per heavy atom. The molecule has 0 unspecified atom stereocenters. The van der Waals surface area contributed by atoms with Crippen molar-refractivity contribution in [1.82, 2.24) is 5.32 Å². The number of ether oxygens (including phenoxy) is 2. The first-order valence-electron chi connectivity index (χ1n) is 10.7. The van der Waals surface area contributed by atoms with Gasteiger partial charge in [-0.3, -0.25) is 14.4 Å². The lowest BCUT2D eigenvalue weighted by atomic mass is 10.1. The number of carbonyl (C=O) groups is 3. The van der Waals surface area contributed by atoms with Gasteiger partial charge < -0.3 is 20.1 Å². The van der Waals surface area contributed by atoms with Crippen molar-refractivity contribution < 1.29 is 23.9 Å². The lowest BCUT2D eigenvalue weighted by Crippen LogP contribution is -2.24. The number of nitrogens with one attached hydrogen (secondary N) is 2. The Bertz CT molecular complexity index is 1170. The van der Waals surface area contributed by atoms with Gasteiger partial charge in [0.2, 0.25) is 5.91 Å². The molecule has 0 fully saturated rings. The molecule has 7 nitrogen and oxygen atoms in total. The monoisotopic (exact) mass is 480 g/mol. The summed E-state index contributed by atoms with van der Waals surface area (Å²) in [5.41, 5.74) is 1.74. The van der Waals surface area contributed by atoms with Crippen molar-refractivity contribution in [3.05, 3.63) is 88.9 Å². The van der Waals surface area contributed by atoms with E-state index >= 15 is 0 Å². The van der Waals surface area contributed by atoms with Crippen molar-refractivity contribution >= 4 is 35.1 Å². The lowest BCUT2D eigenvalue weighted by molar-refractivity contribution is -0.131. The van der Waals surface area contributed by atoms with E-state index in [1.54, 1.807) is 36.4 Å². The first kappa shape index (κ1) is 24.8. The molecular weight excluding hydrogens is 456 g/mol. The number of hydrogen-bond donors (Lipinski definition) is 2. The first-order valence-corrected chi connectivity index (χ1v) is 11.1. The highest BCUT2D eigenvalue weighted by atomic mass is 35.5. The molecule has 0 aliphatic carbocycles. The molecule has 34 heavy (non-hydrogen) atoms. The third kappa shape index (κ3) is 7.64. The highest BCUT2D eigenvalue weighted by Crippen LogP contribution is 2.23. The SMILES string of the molecule is CC(=O)Oc1cccc(C(=O)NCc2ccccc2NC(=O)CCCOc2ccccc2Cl)c1. The standard InChI is InChI=1S/C26H25ClN2O5/c1-18(30)34-21-10-6-9-19(16-21)26(32)28-17-20-8-2-4-12-23(20)29-25(31)14-7-15-33-24-13-5-3-11-22(24)27/h2-6,8-13,16H,7,14-15,17H2,1H3,(H,28,32)(H,29,31). The quantitative estimate of drug-likeness (QED) is 0.242. The van der Waals surface area contributed by atoms with Crippen LogP contribution in [-0.2, 0) is 16.1 Å². The number of benzene rings is 3. The Balaban J connectivity index is 1.50. The molecule has 2 N–H and O–H groups in total. The largest absolute Gasteiger partial charge is 0.492 e. The van der Waals surface area contributed by atoms with Crippen LogP contribution in [0.1, 0.15) is 35.7 Å². The van der Waals surface area contributed by atoms with Crippen molar-refractivity contribution in [3.63, 3.8) is 0 Å². The van der Waals surface area contributed by atoms with Crippen LogP contribution in [0.15, 0.2) is 72.8 Å². The third-order valence-corrected chi connectivity index (χ3v) is 5.04. The number of hydrogen-bond acceptors (Lipinski definition) is 5. The van der Waals surface area contributed by atoms with E-state index in [9.17, 15) is 14.4 Å². The van der Waals surface area contributed by atoms with Gasteiger partial charge in [0, 0.05) is 31.1 Å². The van der Waals surface area contributed by atoms with E-state index in [1.807, 2.05) is 30.3 Å². The zero-order valence-corrected chi connectivity index (χ0v) is 19.4. The summed E-state index contributed by atoms with van der Waals surface area (Å²) in [7, 11) is 0. The van der Waals surface area contributed by atoms with E-state index in [2.05, 4.69) is 10.6 Å². The Hall–Kier alpha value is -3.84. The van der Waals surface area contributed by atoms with Crippen molar-refractivity contribution in [2.45, 2.75) is 26.3 Å². The highest BCUT2D eigenvalue weighted by molar-refractivity contribution is 6.32. The molecule has 3 aromatic rings. The fourth-order valence-electron chi connectivity index (χ4n) is 3.13. The molecule has 0 spiro atoms. The second kappa shape index (κ2) is 12.4. The van der Waals surface area contributed by atoms with Crippen molar-refractivity contribution in [3.8, 4) is 11.5 Å². The zero-order chi connectivity index (χ0) is 24.3. The van der Waals surface area contributed by atoms with Crippen LogP contribution in [0, 0.1) is 0 Å². The molecular formula is C26H25ClN2O5. The fraction of sp³-hybridized carbons (Fsp3) is 0.192. The van der Waals surface area contributed by atoms with Crippen LogP contribution < -0.4 is 20.1 Å². The fourth-order valence-corrected chi connectivity index (χ4v) is 3.32. The summed E-state index contributed by atoms with van der Waals surface area (Å²) in [6, 6.07) is 20.8. The number of amides is 2. The van der Waals surface area contributed by atoms with Gasteiger partial charge >= 0.3 is 5.97 Å². The normalized spacial score (nSPS) is 10.3. The summed E-state index contributed by atoms with van der Waals surface area (Å²) in [4.78, 5) is 36.1. The third-order valence-electron chi connectivity index (χ3n) is 4.73. The molecule has 0 aromatic heterocycles. The molecule has 8 heteroatoms. The predicted molar refractivity (Wildman–Crippen MR) is 130 cm³/mol. The van der Waals surface area contributed by atoms with Gasteiger partial charge in [-0.05, 0) is 48.4 Å². The van der Waals surface area contributed by atoms with Crippen LogP contribution in [0.2, 0.25) is 5.02 Å². The summed E-state index contributed by atoms with van der Waals surface area (Å²) >= 11 is 6.06. The molecule has 0 heterocycles. The van der Waals surface area contributed by atoms with Gasteiger partial charge in [-0.25, -0.2) is 0 Å². The lowest BCUT2D eigenvalue weighted by Gasteiger charge is -2.13. The summed E-state index contributed by atoms with van der Waals surface area (Å²) in [5.74, 6) is -0.0597. The van der Waals surface area contributed by atoms with Gasteiger partial charge in [0.1, 0.15) is 11.5 Å². The number of para-hydroxylation sites is 2. The van der Waals surface area contributed by atoms with Crippen LogP contribution in [0.5, 0.6) is 11.5 Å². The average molecular weight is 481 g/mol. The van der Waals surface area contributed by atoms with E-state index < -0.39 is 5.97 Å². The smallest absolute Gasteiger partial charge is 0.308 e. The molecule has 0 bridgehead atoms. The summed E-state index contributed by atoms with van der Waals surface area (Å²) < 4.78 is 10.6. The Kier molecular flexibility index (Phi) is 9.05. The molecule has 0 saturated carbocycles. The molecule has 0 aliphatic rings.